The zero-order valence-corrected chi connectivity index (χ0v) is 14.3. The molecule has 0 amide bonds. The van der Waals surface area contributed by atoms with Crippen molar-refractivity contribution >= 4 is 35.6 Å². The molecule has 1 nitrogen and oxygen atoms in total. The standard InChI is InChI=1S/C17H17Cl2N.ClH/c1-11-17(12-6-4-3-5-7-12)14-8-13(18)9-16(19)15(14)10-20(11)2;/h3-9,11,17H,10H2,1-2H3;1H/t11-,17+;/m0./s1. The smallest absolute Gasteiger partial charge is 0.0468 e. The first-order valence-electron chi connectivity index (χ1n) is 6.81. The number of hydrogen-bond acceptors (Lipinski definition) is 1. The number of likely N-dealkylation sites (N-methyl/N-ethyl adjacent to an activating group) is 1. The minimum Gasteiger partial charge on any atom is -0.298 e. The van der Waals surface area contributed by atoms with E-state index in [1.165, 1.54) is 16.7 Å². The second-order valence-corrected chi connectivity index (χ2v) is 6.34. The highest BCUT2D eigenvalue weighted by atomic mass is 35.5. The van der Waals surface area contributed by atoms with Crippen molar-refractivity contribution in [3.63, 3.8) is 0 Å². The van der Waals surface area contributed by atoms with Crippen molar-refractivity contribution in [1.29, 1.82) is 0 Å². The van der Waals surface area contributed by atoms with Gasteiger partial charge in [-0.2, -0.15) is 0 Å². The minimum atomic E-state index is 0. The fourth-order valence-corrected chi connectivity index (χ4v) is 3.66. The lowest BCUT2D eigenvalue weighted by Gasteiger charge is -2.39. The van der Waals surface area contributed by atoms with Gasteiger partial charge in [-0.3, -0.25) is 4.90 Å². The minimum absolute atomic E-state index is 0. The lowest BCUT2D eigenvalue weighted by atomic mass is 9.80. The first kappa shape index (κ1) is 16.6. The summed E-state index contributed by atoms with van der Waals surface area (Å²) in [6, 6.07) is 14.9. The van der Waals surface area contributed by atoms with Gasteiger partial charge < -0.3 is 0 Å². The highest BCUT2D eigenvalue weighted by molar-refractivity contribution is 6.35. The molecule has 0 bridgehead atoms. The van der Waals surface area contributed by atoms with E-state index in [0.717, 1.165) is 11.6 Å². The van der Waals surface area contributed by atoms with Gasteiger partial charge in [-0.15, -0.1) is 12.4 Å². The van der Waals surface area contributed by atoms with Crippen molar-refractivity contribution in [3.8, 4) is 0 Å². The van der Waals surface area contributed by atoms with Crippen molar-refractivity contribution in [2.75, 3.05) is 7.05 Å². The van der Waals surface area contributed by atoms with E-state index < -0.39 is 0 Å². The van der Waals surface area contributed by atoms with Crippen LogP contribution in [0, 0.1) is 0 Å². The molecule has 2 atom stereocenters. The van der Waals surface area contributed by atoms with E-state index in [-0.39, 0.29) is 12.4 Å². The van der Waals surface area contributed by atoms with Gasteiger partial charge >= 0.3 is 0 Å². The number of nitrogens with zero attached hydrogens (tertiary/aromatic N) is 1. The highest BCUT2D eigenvalue weighted by Crippen LogP contribution is 2.41. The van der Waals surface area contributed by atoms with Crippen LogP contribution < -0.4 is 0 Å². The van der Waals surface area contributed by atoms with Crippen molar-refractivity contribution in [3.05, 3.63) is 69.2 Å². The van der Waals surface area contributed by atoms with Gasteiger partial charge in [0.1, 0.15) is 0 Å². The molecular formula is C17H18Cl3N. The van der Waals surface area contributed by atoms with Crippen molar-refractivity contribution in [1.82, 2.24) is 4.90 Å². The molecule has 21 heavy (non-hydrogen) atoms. The van der Waals surface area contributed by atoms with Crippen LogP contribution in [-0.2, 0) is 6.54 Å². The van der Waals surface area contributed by atoms with Gasteiger partial charge in [-0.05, 0) is 42.8 Å². The third-order valence-corrected chi connectivity index (χ3v) is 4.83. The molecule has 0 radical (unpaired) electrons. The van der Waals surface area contributed by atoms with Gasteiger partial charge in [0, 0.05) is 28.5 Å². The van der Waals surface area contributed by atoms with Crippen molar-refractivity contribution < 1.29 is 0 Å². The highest BCUT2D eigenvalue weighted by Gasteiger charge is 2.32. The van der Waals surface area contributed by atoms with E-state index in [4.69, 9.17) is 23.2 Å². The molecule has 0 aromatic heterocycles. The van der Waals surface area contributed by atoms with E-state index >= 15 is 0 Å². The number of rotatable bonds is 1. The SMILES string of the molecule is C[C@H]1[C@H](c2ccccc2)c2cc(Cl)cc(Cl)c2CN1C.Cl. The topological polar surface area (TPSA) is 3.24 Å². The number of fused-ring (bicyclic) bond motifs is 1. The van der Waals surface area contributed by atoms with Crippen LogP contribution >= 0.6 is 35.6 Å². The molecule has 0 fully saturated rings. The van der Waals surface area contributed by atoms with Crippen LogP contribution in [-0.4, -0.2) is 18.0 Å². The monoisotopic (exact) mass is 341 g/mol. The maximum Gasteiger partial charge on any atom is 0.0468 e. The van der Waals surface area contributed by atoms with Crippen LogP contribution in [0.5, 0.6) is 0 Å². The first-order chi connectivity index (χ1) is 9.58. The Hall–Kier alpha value is -0.730. The normalized spacial score (nSPS) is 21.5. The van der Waals surface area contributed by atoms with E-state index in [1.54, 1.807) is 0 Å². The maximum atomic E-state index is 6.40. The quantitative estimate of drug-likeness (QED) is 0.672. The lowest BCUT2D eigenvalue weighted by Crippen LogP contribution is -2.39. The molecule has 0 saturated carbocycles. The van der Waals surface area contributed by atoms with Crippen LogP contribution in [0.2, 0.25) is 10.0 Å². The van der Waals surface area contributed by atoms with Gasteiger partial charge in [0.25, 0.3) is 0 Å². The number of benzene rings is 2. The van der Waals surface area contributed by atoms with E-state index in [2.05, 4.69) is 49.2 Å². The summed E-state index contributed by atoms with van der Waals surface area (Å²) in [6.07, 6.45) is 0. The Kier molecular flexibility index (Phi) is 5.21. The summed E-state index contributed by atoms with van der Waals surface area (Å²) in [5, 5.41) is 1.48. The Labute approximate surface area is 142 Å². The molecule has 1 heterocycles. The summed E-state index contributed by atoms with van der Waals surface area (Å²) < 4.78 is 0. The van der Waals surface area contributed by atoms with Crippen molar-refractivity contribution in [2.24, 2.45) is 0 Å². The molecule has 2 aromatic rings. The fraction of sp³-hybridized carbons (Fsp3) is 0.294. The molecule has 112 valence electrons. The van der Waals surface area contributed by atoms with Gasteiger partial charge in [0.15, 0.2) is 0 Å². The van der Waals surface area contributed by atoms with Crippen LogP contribution in [0.3, 0.4) is 0 Å². The Morgan fingerprint density at radius 1 is 1.10 bits per heavy atom. The van der Waals surface area contributed by atoms with Gasteiger partial charge in [-0.1, -0.05) is 53.5 Å². The molecule has 0 N–H and O–H groups in total. The second kappa shape index (κ2) is 6.58. The molecule has 2 aromatic carbocycles. The fourth-order valence-electron chi connectivity index (χ4n) is 3.09. The van der Waals surface area contributed by atoms with Gasteiger partial charge in [0.05, 0.1) is 0 Å². The molecular weight excluding hydrogens is 325 g/mol. The molecule has 0 saturated heterocycles. The molecule has 3 rings (SSSR count). The summed E-state index contributed by atoms with van der Waals surface area (Å²) in [4.78, 5) is 2.35. The van der Waals surface area contributed by atoms with Crippen molar-refractivity contribution in [2.45, 2.75) is 25.4 Å². The van der Waals surface area contributed by atoms with Gasteiger partial charge in [0.2, 0.25) is 0 Å². The van der Waals surface area contributed by atoms with Crippen LogP contribution in [0.25, 0.3) is 0 Å². The van der Waals surface area contributed by atoms with E-state index in [0.29, 0.717) is 17.0 Å². The molecule has 0 unspecified atom stereocenters. The summed E-state index contributed by atoms with van der Waals surface area (Å²) in [5.74, 6) is 0.307. The number of halogens is 3. The van der Waals surface area contributed by atoms with Crippen LogP contribution in [0.4, 0.5) is 0 Å². The Morgan fingerprint density at radius 2 is 1.76 bits per heavy atom. The third kappa shape index (κ3) is 3.07. The van der Waals surface area contributed by atoms with E-state index in [1.807, 2.05) is 12.1 Å². The Morgan fingerprint density at radius 3 is 2.43 bits per heavy atom. The zero-order chi connectivity index (χ0) is 14.3. The molecule has 1 aliphatic heterocycles. The Balaban J connectivity index is 0.00000161. The summed E-state index contributed by atoms with van der Waals surface area (Å²) >= 11 is 12.6. The number of hydrogen-bond donors (Lipinski definition) is 0. The molecule has 0 aliphatic carbocycles. The van der Waals surface area contributed by atoms with Gasteiger partial charge in [-0.25, -0.2) is 0 Å². The summed E-state index contributed by atoms with van der Waals surface area (Å²) in [7, 11) is 2.15. The molecule has 0 spiro atoms. The average molecular weight is 343 g/mol. The second-order valence-electron chi connectivity index (χ2n) is 5.50. The maximum absolute atomic E-state index is 6.40. The van der Waals surface area contributed by atoms with E-state index in [9.17, 15) is 0 Å². The van der Waals surface area contributed by atoms with Crippen LogP contribution in [0.15, 0.2) is 42.5 Å². The average Bonchev–Trinajstić information content (AvgIpc) is 2.42. The summed E-state index contributed by atoms with van der Waals surface area (Å²) in [5.41, 5.74) is 3.77. The van der Waals surface area contributed by atoms with Crippen LogP contribution in [0.1, 0.15) is 29.5 Å². The predicted molar refractivity (Wildman–Crippen MR) is 92.9 cm³/mol. The molecule has 1 aliphatic rings. The lowest BCUT2D eigenvalue weighted by molar-refractivity contribution is 0.212. The third-order valence-electron chi connectivity index (χ3n) is 4.27. The predicted octanol–water partition coefficient (Wildman–Crippen LogP) is 5.38. The molecule has 4 heteroatoms. The first-order valence-corrected chi connectivity index (χ1v) is 7.56. The summed E-state index contributed by atoms with van der Waals surface area (Å²) in [6.45, 7) is 3.13. The largest absolute Gasteiger partial charge is 0.298 e. The zero-order valence-electron chi connectivity index (χ0n) is 12.0. The Bertz CT molecular complexity index is 627.